The Balaban J connectivity index is 2.55. The van der Waals surface area contributed by atoms with Crippen LogP contribution in [0.4, 0.5) is 0 Å². The van der Waals surface area contributed by atoms with Crippen LogP contribution in [0.5, 0.6) is 0 Å². The second kappa shape index (κ2) is 6.71. The lowest BCUT2D eigenvalue weighted by Crippen LogP contribution is -2.25. The predicted octanol–water partition coefficient (Wildman–Crippen LogP) is 1.81. The summed E-state index contributed by atoms with van der Waals surface area (Å²) in [5, 5.41) is 2.77. The van der Waals surface area contributed by atoms with Crippen LogP contribution in [-0.2, 0) is 0 Å². The van der Waals surface area contributed by atoms with Gasteiger partial charge < -0.3 is 5.32 Å². The molecule has 0 saturated carbocycles. The molecule has 1 aromatic rings. The van der Waals surface area contributed by atoms with Gasteiger partial charge in [-0.1, -0.05) is 19.8 Å². The second-order valence-electron chi connectivity index (χ2n) is 3.52. The minimum Gasteiger partial charge on any atom is -0.352 e. The number of rotatable bonds is 6. The van der Waals surface area contributed by atoms with E-state index >= 15 is 0 Å². The van der Waals surface area contributed by atoms with Crippen molar-refractivity contribution in [3.8, 4) is 0 Å². The molecule has 0 fully saturated rings. The molecule has 1 rings (SSSR count). The van der Waals surface area contributed by atoms with E-state index in [0.717, 1.165) is 19.3 Å². The van der Waals surface area contributed by atoms with Gasteiger partial charge in [-0.2, -0.15) is 0 Å². The molecular weight excluding hydrogens is 204 g/mol. The molecular formula is C12H16N2O2. The van der Waals surface area contributed by atoms with Gasteiger partial charge in [0.05, 0.1) is 5.56 Å². The number of carbonyl (C=O) groups excluding carboxylic acids is 2. The number of pyridine rings is 1. The van der Waals surface area contributed by atoms with Crippen molar-refractivity contribution in [3.05, 3.63) is 29.6 Å². The van der Waals surface area contributed by atoms with Crippen LogP contribution >= 0.6 is 0 Å². The zero-order chi connectivity index (χ0) is 11.8. The molecule has 1 amide bonds. The summed E-state index contributed by atoms with van der Waals surface area (Å²) in [5.41, 5.74) is 0.532. The van der Waals surface area contributed by atoms with E-state index in [1.54, 1.807) is 12.1 Å². The van der Waals surface area contributed by atoms with Gasteiger partial charge in [0.2, 0.25) is 0 Å². The van der Waals surface area contributed by atoms with Crippen LogP contribution in [0.2, 0.25) is 0 Å². The highest BCUT2D eigenvalue weighted by molar-refractivity contribution is 6.00. The SMILES string of the molecule is CCCCCNC(=O)c1cccnc1C=O. The van der Waals surface area contributed by atoms with Gasteiger partial charge in [0.15, 0.2) is 6.29 Å². The van der Waals surface area contributed by atoms with Gasteiger partial charge in [-0.05, 0) is 18.6 Å². The summed E-state index contributed by atoms with van der Waals surface area (Å²) in [5.74, 6) is -0.230. The highest BCUT2D eigenvalue weighted by Crippen LogP contribution is 2.02. The Labute approximate surface area is 95.1 Å². The average molecular weight is 220 g/mol. The van der Waals surface area contributed by atoms with Gasteiger partial charge in [0, 0.05) is 12.7 Å². The van der Waals surface area contributed by atoms with Crippen molar-refractivity contribution < 1.29 is 9.59 Å². The molecule has 1 aromatic heterocycles. The summed E-state index contributed by atoms with van der Waals surface area (Å²) >= 11 is 0. The maximum absolute atomic E-state index is 11.7. The lowest BCUT2D eigenvalue weighted by molar-refractivity contribution is 0.0946. The first-order valence-corrected chi connectivity index (χ1v) is 5.48. The molecule has 0 bridgehead atoms. The molecule has 0 unspecified atom stereocenters. The van der Waals surface area contributed by atoms with Crippen molar-refractivity contribution in [2.24, 2.45) is 0 Å². The molecule has 0 aromatic carbocycles. The van der Waals surface area contributed by atoms with Crippen molar-refractivity contribution >= 4 is 12.2 Å². The molecule has 4 heteroatoms. The normalized spacial score (nSPS) is 9.81. The van der Waals surface area contributed by atoms with E-state index in [1.165, 1.54) is 6.20 Å². The maximum atomic E-state index is 11.7. The lowest BCUT2D eigenvalue weighted by Gasteiger charge is -2.05. The number of carbonyl (C=O) groups is 2. The third-order valence-corrected chi connectivity index (χ3v) is 2.26. The highest BCUT2D eigenvalue weighted by atomic mass is 16.1. The number of aromatic nitrogens is 1. The average Bonchev–Trinajstić information content (AvgIpc) is 2.34. The van der Waals surface area contributed by atoms with Crippen molar-refractivity contribution in [3.63, 3.8) is 0 Å². The number of amides is 1. The largest absolute Gasteiger partial charge is 0.352 e. The fraction of sp³-hybridized carbons (Fsp3) is 0.417. The molecule has 0 radical (unpaired) electrons. The van der Waals surface area contributed by atoms with E-state index in [-0.39, 0.29) is 11.6 Å². The van der Waals surface area contributed by atoms with E-state index in [9.17, 15) is 9.59 Å². The van der Waals surface area contributed by atoms with E-state index in [0.29, 0.717) is 18.4 Å². The van der Waals surface area contributed by atoms with Crippen molar-refractivity contribution in [1.29, 1.82) is 0 Å². The Bertz CT molecular complexity index is 364. The molecule has 16 heavy (non-hydrogen) atoms. The topological polar surface area (TPSA) is 59.1 Å². The minimum absolute atomic E-state index is 0.190. The highest BCUT2D eigenvalue weighted by Gasteiger charge is 2.10. The number of hydrogen-bond donors (Lipinski definition) is 1. The van der Waals surface area contributed by atoms with Gasteiger partial charge in [0.1, 0.15) is 5.69 Å². The number of unbranched alkanes of at least 4 members (excludes halogenated alkanes) is 2. The van der Waals surface area contributed by atoms with Gasteiger partial charge in [-0.15, -0.1) is 0 Å². The smallest absolute Gasteiger partial charge is 0.253 e. The minimum atomic E-state index is -0.230. The number of nitrogens with zero attached hydrogens (tertiary/aromatic N) is 1. The summed E-state index contributed by atoms with van der Waals surface area (Å²) < 4.78 is 0. The molecule has 0 spiro atoms. The zero-order valence-electron chi connectivity index (χ0n) is 9.40. The number of nitrogens with one attached hydrogen (secondary N) is 1. The Kier molecular flexibility index (Phi) is 5.19. The summed E-state index contributed by atoms with van der Waals surface area (Å²) in [7, 11) is 0. The lowest BCUT2D eigenvalue weighted by atomic mass is 10.2. The number of aldehydes is 1. The Morgan fingerprint density at radius 3 is 3.00 bits per heavy atom. The Morgan fingerprint density at radius 1 is 1.50 bits per heavy atom. The Morgan fingerprint density at radius 2 is 2.31 bits per heavy atom. The summed E-state index contributed by atoms with van der Waals surface area (Å²) in [4.78, 5) is 26.2. The molecule has 0 aliphatic heterocycles. The summed E-state index contributed by atoms with van der Waals surface area (Å²) in [6, 6.07) is 3.25. The standard InChI is InChI=1S/C12H16N2O2/c1-2-3-4-7-14-12(16)10-6-5-8-13-11(10)9-15/h5-6,8-9H,2-4,7H2,1H3,(H,14,16). The van der Waals surface area contributed by atoms with Crippen LogP contribution in [0.15, 0.2) is 18.3 Å². The molecule has 0 aliphatic carbocycles. The molecule has 1 heterocycles. The van der Waals surface area contributed by atoms with Crippen molar-refractivity contribution in [2.75, 3.05) is 6.54 Å². The van der Waals surface area contributed by atoms with Gasteiger partial charge in [-0.25, -0.2) is 0 Å². The second-order valence-corrected chi connectivity index (χ2v) is 3.52. The quantitative estimate of drug-likeness (QED) is 0.587. The summed E-state index contributed by atoms with van der Waals surface area (Å²) in [6.45, 7) is 2.74. The van der Waals surface area contributed by atoms with Gasteiger partial charge in [-0.3, -0.25) is 14.6 Å². The van der Waals surface area contributed by atoms with Gasteiger partial charge in [0.25, 0.3) is 5.91 Å². The van der Waals surface area contributed by atoms with Crippen LogP contribution in [0.25, 0.3) is 0 Å². The maximum Gasteiger partial charge on any atom is 0.253 e. The predicted molar refractivity (Wildman–Crippen MR) is 61.5 cm³/mol. The molecule has 86 valence electrons. The fourth-order valence-corrected chi connectivity index (χ4v) is 1.38. The zero-order valence-corrected chi connectivity index (χ0v) is 9.40. The van der Waals surface area contributed by atoms with Crippen LogP contribution in [0, 0.1) is 0 Å². The monoisotopic (exact) mass is 220 g/mol. The van der Waals surface area contributed by atoms with Crippen LogP contribution in [-0.4, -0.2) is 23.7 Å². The van der Waals surface area contributed by atoms with E-state index < -0.39 is 0 Å². The van der Waals surface area contributed by atoms with E-state index in [1.807, 2.05) is 0 Å². The van der Waals surface area contributed by atoms with Crippen LogP contribution in [0.3, 0.4) is 0 Å². The fourth-order valence-electron chi connectivity index (χ4n) is 1.38. The molecule has 0 atom stereocenters. The molecule has 0 saturated heterocycles. The molecule has 4 nitrogen and oxygen atoms in total. The molecule has 1 N–H and O–H groups in total. The first-order valence-electron chi connectivity index (χ1n) is 5.48. The van der Waals surface area contributed by atoms with Crippen LogP contribution in [0.1, 0.15) is 47.0 Å². The van der Waals surface area contributed by atoms with Gasteiger partial charge >= 0.3 is 0 Å². The first-order chi connectivity index (χ1) is 7.79. The third-order valence-electron chi connectivity index (χ3n) is 2.26. The summed E-state index contributed by atoms with van der Waals surface area (Å²) in [6.07, 6.45) is 5.26. The number of hydrogen-bond acceptors (Lipinski definition) is 3. The Hall–Kier alpha value is -1.71. The first kappa shape index (κ1) is 12.4. The van der Waals surface area contributed by atoms with Crippen LogP contribution < -0.4 is 5.32 Å². The van der Waals surface area contributed by atoms with E-state index in [2.05, 4.69) is 17.2 Å². The molecule has 0 aliphatic rings. The van der Waals surface area contributed by atoms with Crippen molar-refractivity contribution in [1.82, 2.24) is 10.3 Å². The third kappa shape index (κ3) is 3.46. The van der Waals surface area contributed by atoms with Crippen molar-refractivity contribution in [2.45, 2.75) is 26.2 Å². The van der Waals surface area contributed by atoms with E-state index in [4.69, 9.17) is 0 Å².